The van der Waals surface area contributed by atoms with E-state index in [0.29, 0.717) is 0 Å². The summed E-state index contributed by atoms with van der Waals surface area (Å²) in [5, 5.41) is 17.8. The number of nitrogen functional groups attached to an aromatic ring is 1. The Hall–Kier alpha value is -1.27. The van der Waals surface area contributed by atoms with Crippen LogP contribution in [0.3, 0.4) is 0 Å². The second-order valence-electron chi connectivity index (χ2n) is 3.41. The molecule has 0 aliphatic heterocycles. The minimum atomic E-state index is -4.51. The first-order valence-corrected chi connectivity index (χ1v) is 4.59. The molecule has 6 heteroatoms. The number of aliphatic hydroxyl groups is 2. The SMILES string of the molecule is Nc1cccc(C(F)(F)F)c1CC(O)CO. The summed E-state index contributed by atoms with van der Waals surface area (Å²) < 4.78 is 37.7. The first-order valence-electron chi connectivity index (χ1n) is 4.59. The molecule has 0 heterocycles. The maximum atomic E-state index is 12.6. The van der Waals surface area contributed by atoms with E-state index < -0.39 is 24.5 Å². The van der Waals surface area contributed by atoms with Gasteiger partial charge in [-0.25, -0.2) is 0 Å². The highest BCUT2D eigenvalue weighted by Crippen LogP contribution is 2.34. The minimum absolute atomic E-state index is 0.0395. The van der Waals surface area contributed by atoms with Crippen LogP contribution in [0.5, 0.6) is 0 Å². The topological polar surface area (TPSA) is 66.5 Å². The first kappa shape index (κ1) is 12.8. The lowest BCUT2D eigenvalue weighted by Gasteiger charge is -2.16. The number of hydrogen-bond donors (Lipinski definition) is 3. The first-order chi connectivity index (χ1) is 7.36. The molecule has 0 aliphatic rings. The lowest BCUT2D eigenvalue weighted by atomic mass is 9.99. The van der Waals surface area contributed by atoms with Crippen LogP contribution in [-0.4, -0.2) is 22.9 Å². The van der Waals surface area contributed by atoms with E-state index in [2.05, 4.69) is 0 Å². The molecule has 1 aromatic carbocycles. The van der Waals surface area contributed by atoms with Crippen molar-refractivity contribution >= 4 is 5.69 Å². The molecule has 0 fully saturated rings. The monoisotopic (exact) mass is 235 g/mol. The van der Waals surface area contributed by atoms with E-state index in [-0.39, 0.29) is 17.7 Å². The van der Waals surface area contributed by atoms with Crippen molar-refractivity contribution < 1.29 is 23.4 Å². The molecule has 0 saturated carbocycles. The van der Waals surface area contributed by atoms with Gasteiger partial charge in [0.15, 0.2) is 0 Å². The van der Waals surface area contributed by atoms with Crippen LogP contribution < -0.4 is 5.73 Å². The average Bonchev–Trinajstić information content (AvgIpc) is 2.19. The van der Waals surface area contributed by atoms with Crippen molar-refractivity contribution in [1.29, 1.82) is 0 Å². The molecule has 16 heavy (non-hydrogen) atoms. The van der Waals surface area contributed by atoms with Crippen LogP contribution in [0.1, 0.15) is 11.1 Å². The number of alkyl halides is 3. The lowest BCUT2D eigenvalue weighted by molar-refractivity contribution is -0.138. The van der Waals surface area contributed by atoms with E-state index in [1.54, 1.807) is 0 Å². The molecule has 3 nitrogen and oxygen atoms in total. The van der Waals surface area contributed by atoms with Gasteiger partial charge in [-0.3, -0.25) is 0 Å². The smallest absolute Gasteiger partial charge is 0.398 e. The molecule has 1 aromatic rings. The Morgan fingerprint density at radius 2 is 1.94 bits per heavy atom. The summed E-state index contributed by atoms with van der Waals surface area (Å²) in [5.41, 5.74) is 4.33. The third-order valence-electron chi connectivity index (χ3n) is 2.17. The van der Waals surface area contributed by atoms with Gasteiger partial charge in [-0.2, -0.15) is 13.2 Å². The summed E-state index contributed by atoms with van der Waals surface area (Å²) in [6, 6.07) is 3.43. The second kappa shape index (κ2) is 4.71. The highest BCUT2D eigenvalue weighted by atomic mass is 19.4. The van der Waals surface area contributed by atoms with E-state index in [1.807, 2.05) is 0 Å². The number of hydrogen-bond acceptors (Lipinski definition) is 3. The molecule has 0 aliphatic carbocycles. The van der Waals surface area contributed by atoms with Gasteiger partial charge in [0.2, 0.25) is 0 Å². The summed E-state index contributed by atoms with van der Waals surface area (Å²) in [6.07, 6.45) is -6.08. The Morgan fingerprint density at radius 1 is 1.31 bits per heavy atom. The molecule has 0 aromatic heterocycles. The average molecular weight is 235 g/mol. The van der Waals surface area contributed by atoms with Gasteiger partial charge in [-0.05, 0) is 17.7 Å². The van der Waals surface area contributed by atoms with Crippen molar-refractivity contribution in [3.63, 3.8) is 0 Å². The van der Waals surface area contributed by atoms with E-state index >= 15 is 0 Å². The minimum Gasteiger partial charge on any atom is -0.398 e. The molecule has 1 rings (SSSR count). The Morgan fingerprint density at radius 3 is 2.44 bits per heavy atom. The third-order valence-corrected chi connectivity index (χ3v) is 2.17. The molecule has 0 spiro atoms. The fourth-order valence-corrected chi connectivity index (χ4v) is 1.40. The predicted octanol–water partition coefficient (Wildman–Crippen LogP) is 1.18. The van der Waals surface area contributed by atoms with Crippen molar-refractivity contribution in [3.8, 4) is 0 Å². The van der Waals surface area contributed by atoms with Crippen LogP contribution in [0.4, 0.5) is 18.9 Å². The van der Waals surface area contributed by atoms with Gasteiger partial charge < -0.3 is 15.9 Å². The van der Waals surface area contributed by atoms with Crippen molar-refractivity contribution in [2.45, 2.75) is 18.7 Å². The van der Waals surface area contributed by atoms with Crippen LogP contribution in [0.15, 0.2) is 18.2 Å². The lowest BCUT2D eigenvalue weighted by Crippen LogP contribution is -2.20. The number of aliphatic hydroxyl groups excluding tert-OH is 2. The zero-order valence-electron chi connectivity index (χ0n) is 8.33. The zero-order chi connectivity index (χ0) is 12.3. The predicted molar refractivity (Wildman–Crippen MR) is 52.7 cm³/mol. The quantitative estimate of drug-likeness (QED) is 0.689. The van der Waals surface area contributed by atoms with Gasteiger partial charge >= 0.3 is 6.18 Å². The number of halogens is 3. The van der Waals surface area contributed by atoms with E-state index in [0.717, 1.165) is 6.07 Å². The van der Waals surface area contributed by atoms with Gasteiger partial charge in [0.1, 0.15) is 0 Å². The number of anilines is 1. The molecule has 90 valence electrons. The molecule has 4 N–H and O–H groups in total. The summed E-state index contributed by atoms with van der Waals surface area (Å²) in [4.78, 5) is 0. The Bertz CT molecular complexity index is 366. The number of benzene rings is 1. The largest absolute Gasteiger partial charge is 0.416 e. The van der Waals surface area contributed by atoms with Crippen LogP contribution in [-0.2, 0) is 12.6 Å². The van der Waals surface area contributed by atoms with Gasteiger partial charge in [-0.15, -0.1) is 0 Å². The highest BCUT2D eigenvalue weighted by Gasteiger charge is 2.34. The fourth-order valence-electron chi connectivity index (χ4n) is 1.40. The Labute approximate surface area is 90.3 Å². The molecule has 0 radical (unpaired) electrons. The van der Waals surface area contributed by atoms with Gasteiger partial charge in [0.25, 0.3) is 0 Å². The van der Waals surface area contributed by atoms with Crippen LogP contribution in [0, 0.1) is 0 Å². The van der Waals surface area contributed by atoms with E-state index in [9.17, 15) is 13.2 Å². The van der Waals surface area contributed by atoms with E-state index in [4.69, 9.17) is 15.9 Å². The molecule has 0 bridgehead atoms. The molecule has 1 unspecified atom stereocenters. The van der Waals surface area contributed by atoms with Gasteiger partial charge in [-0.1, -0.05) is 6.07 Å². The Balaban J connectivity index is 3.14. The van der Waals surface area contributed by atoms with E-state index in [1.165, 1.54) is 12.1 Å². The molecule has 0 amide bonds. The van der Waals surface area contributed by atoms with Crippen LogP contribution >= 0.6 is 0 Å². The standard InChI is InChI=1S/C10H12F3NO2/c11-10(12,13)8-2-1-3-9(14)7(8)4-6(16)5-15/h1-3,6,15-16H,4-5,14H2. The van der Waals surface area contributed by atoms with Gasteiger partial charge in [0.05, 0.1) is 18.3 Å². The number of rotatable bonds is 3. The van der Waals surface area contributed by atoms with Crippen molar-refractivity contribution in [2.24, 2.45) is 0 Å². The van der Waals surface area contributed by atoms with Crippen molar-refractivity contribution in [2.75, 3.05) is 12.3 Å². The van der Waals surface area contributed by atoms with Crippen LogP contribution in [0.25, 0.3) is 0 Å². The van der Waals surface area contributed by atoms with Crippen molar-refractivity contribution in [3.05, 3.63) is 29.3 Å². The molecule has 0 saturated heterocycles. The maximum Gasteiger partial charge on any atom is 0.416 e. The summed E-state index contributed by atoms with van der Waals surface area (Å²) in [7, 11) is 0. The summed E-state index contributed by atoms with van der Waals surface area (Å²) >= 11 is 0. The zero-order valence-corrected chi connectivity index (χ0v) is 8.33. The second-order valence-corrected chi connectivity index (χ2v) is 3.41. The summed E-state index contributed by atoms with van der Waals surface area (Å²) in [5.74, 6) is 0. The molecular formula is C10H12F3NO2. The number of nitrogens with two attached hydrogens (primary N) is 1. The Kier molecular flexibility index (Phi) is 3.77. The maximum absolute atomic E-state index is 12.6. The summed E-state index contributed by atoms with van der Waals surface area (Å²) in [6.45, 7) is -0.606. The molecular weight excluding hydrogens is 223 g/mol. The van der Waals surface area contributed by atoms with Crippen LogP contribution in [0.2, 0.25) is 0 Å². The molecule has 1 atom stereocenters. The fraction of sp³-hybridized carbons (Fsp3) is 0.400. The third kappa shape index (κ3) is 2.86. The van der Waals surface area contributed by atoms with Gasteiger partial charge in [0, 0.05) is 12.1 Å². The van der Waals surface area contributed by atoms with Crippen molar-refractivity contribution in [1.82, 2.24) is 0 Å². The normalized spacial score (nSPS) is 13.8. The highest BCUT2D eigenvalue weighted by molar-refractivity contribution is 5.52.